The van der Waals surface area contributed by atoms with Crippen LogP contribution in [0.3, 0.4) is 0 Å². The van der Waals surface area contributed by atoms with Crippen LogP contribution in [0.1, 0.15) is 10.5 Å². The number of para-hydroxylation sites is 1. The van der Waals surface area contributed by atoms with Crippen LogP contribution in [0.15, 0.2) is 60.7 Å². The van der Waals surface area contributed by atoms with Crippen molar-refractivity contribution in [2.45, 2.75) is 0 Å². The zero-order valence-electron chi connectivity index (χ0n) is 14.8. The fourth-order valence-electron chi connectivity index (χ4n) is 2.52. The molecule has 0 aliphatic carbocycles. The van der Waals surface area contributed by atoms with Crippen molar-refractivity contribution in [3.8, 4) is 22.8 Å². The van der Waals surface area contributed by atoms with E-state index in [9.17, 15) is 4.79 Å². The molecule has 0 bridgehead atoms. The van der Waals surface area contributed by atoms with Crippen molar-refractivity contribution < 1.29 is 14.3 Å². The van der Waals surface area contributed by atoms with Crippen LogP contribution in [0.5, 0.6) is 11.5 Å². The van der Waals surface area contributed by atoms with Gasteiger partial charge in [0.2, 0.25) is 0 Å². The van der Waals surface area contributed by atoms with Crippen LogP contribution in [-0.4, -0.2) is 35.9 Å². The minimum Gasteiger partial charge on any atom is -0.497 e. The average molecular weight is 351 g/mol. The van der Waals surface area contributed by atoms with Crippen molar-refractivity contribution >= 4 is 5.91 Å². The smallest absolute Gasteiger partial charge is 0.269 e. The summed E-state index contributed by atoms with van der Waals surface area (Å²) in [6.07, 6.45) is 0. The Bertz CT molecular complexity index is 858. The number of ether oxygens (including phenoxy) is 2. The second-order valence-electron chi connectivity index (χ2n) is 5.68. The van der Waals surface area contributed by atoms with Gasteiger partial charge in [0.1, 0.15) is 23.8 Å². The first-order valence-electron chi connectivity index (χ1n) is 8.32. The molecule has 3 aromatic rings. The highest BCUT2D eigenvalue weighted by Gasteiger charge is 2.14. The Hall–Kier alpha value is -3.28. The molecule has 0 aliphatic heterocycles. The van der Waals surface area contributed by atoms with Crippen LogP contribution in [-0.2, 0) is 7.05 Å². The number of hydrogen-bond donors (Lipinski definition) is 1. The average Bonchev–Trinajstić information content (AvgIpc) is 3.08. The first kappa shape index (κ1) is 17.5. The topological polar surface area (TPSA) is 65.4 Å². The molecular formula is C20H21N3O3. The van der Waals surface area contributed by atoms with Gasteiger partial charge in [-0.05, 0) is 42.5 Å². The number of amides is 1. The molecule has 0 unspecified atom stereocenters. The van der Waals surface area contributed by atoms with Gasteiger partial charge in [-0.3, -0.25) is 9.48 Å². The molecule has 0 fully saturated rings. The predicted molar refractivity (Wildman–Crippen MR) is 99.5 cm³/mol. The maximum Gasteiger partial charge on any atom is 0.269 e. The van der Waals surface area contributed by atoms with Crippen LogP contribution < -0.4 is 14.8 Å². The van der Waals surface area contributed by atoms with Crippen molar-refractivity contribution in [2.75, 3.05) is 20.3 Å². The van der Waals surface area contributed by atoms with E-state index in [4.69, 9.17) is 9.47 Å². The first-order chi connectivity index (χ1) is 12.7. The molecule has 0 aliphatic rings. The number of rotatable bonds is 7. The van der Waals surface area contributed by atoms with Gasteiger partial charge in [-0.2, -0.15) is 5.10 Å². The molecule has 1 aromatic heterocycles. The third-order valence-electron chi connectivity index (χ3n) is 3.90. The Morgan fingerprint density at radius 3 is 2.50 bits per heavy atom. The molecule has 1 N–H and O–H groups in total. The van der Waals surface area contributed by atoms with E-state index in [-0.39, 0.29) is 5.91 Å². The van der Waals surface area contributed by atoms with E-state index < -0.39 is 0 Å². The van der Waals surface area contributed by atoms with Crippen LogP contribution in [0.25, 0.3) is 11.3 Å². The maximum atomic E-state index is 12.4. The standard InChI is InChI=1S/C20H21N3O3/c1-23-19(14-18(22-23)15-8-10-16(25-2)11-9-15)20(24)21-12-13-26-17-6-4-3-5-7-17/h3-11,14H,12-13H2,1-2H3,(H,21,24). The van der Waals surface area contributed by atoms with Crippen molar-refractivity contribution in [1.29, 1.82) is 0 Å². The Labute approximate surface area is 152 Å². The highest BCUT2D eigenvalue weighted by Crippen LogP contribution is 2.21. The lowest BCUT2D eigenvalue weighted by molar-refractivity contribution is 0.0937. The zero-order valence-corrected chi connectivity index (χ0v) is 14.8. The van der Waals surface area contributed by atoms with Gasteiger partial charge in [0.25, 0.3) is 5.91 Å². The Kier molecular flexibility index (Phi) is 5.53. The normalized spacial score (nSPS) is 10.4. The summed E-state index contributed by atoms with van der Waals surface area (Å²) in [5.41, 5.74) is 2.16. The first-order valence-corrected chi connectivity index (χ1v) is 8.32. The van der Waals surface area contributed by atoms with Gasteiger partial charge in [0, 0.05) is 12.6 Å². The van der Waals surface area contributed by atoms with Gasteiger partial charge in [-0.25, -0.2) is 0 Å². The highest BCUT2D eigenvalue weighted by molar-refractivity contribution is 5.93. The lowest BCUT2D eigenvalue weighted by Gasteiger charge is -2.07. The van der Waals surface area contributed by atoms with Crippen molar-refractivity contribution in [3.05, 3.63) is 66.4 Å². The summed E-state index contributed by atoms with van der Waals surface area (Å²) >= 11 is 0. The number of carbonyl (C=O) groups is 1. The molecular weight excluding hydrogens is 330 g/mol. The molecule has 2 aromatic carbocycles. The van der Waals surface area contributed by atoms with Gasteiger partial charge in [0.05, 0.1) is 19.3 Å². The number of carbonyl (C=O) groups excluding carboxylic acids is 1. The van der Waals surface area contributed by atoms with E-state index >= 15 is 0 Å². The van der Waals surface area contributed by atoms with E-state index in [1.165, 1.54) is 0 Å². The van der Waals surface area contributed by atoms with Gasteiger partial charge in [-0.1, -0.05) is 18.2 Å². The monoisotopic (exact) mass is 351 g/mol. The number of hydrogen-bond acceptors (Lipinski definition) is 4. The number of aryl methyl sites for hydroxylation is 1. The fourth-order valence-corrected chi connectivity index (χ4v) is 2.52. The third kappa shape index (κ3) is 4.22. The SMILES string of the molecule is COc1ccc(-c2cc(C(=O)NCCOc3ccccc3)n(C)n2)cc1. The summed E-state index contributed by atoms with van der Waals surface area (Å²) in [5.74, 6) is 1.38. The van der Waals surface area contributed by atoms with Gasteiger partial charge >= 0.3 is 0 Å². The fraction of sp³-hybridized carbons (Fsp3) is 0.200. The van der Waals surface area contributed by atoms with Crippen molar-refractivity contribution in [3.63, 3.8) is 0 Å². The molecule has 0 radical (unpaired) electrons. The van der Waals surface area contributed by atoms with E-state index in [1.807, 2.05) is 54.6 Å². The minimum atomic E-state index is -0.184. The molecule has 6 nitrogen and oxygen atoms in total. The number of nitrogens with zero attached hydrogens (tertiary/aromatic N) is 2. The van der Waals surface area contributed by atoms with E-state index in [0.717, 1.165) is 22.8 Å². The summed E-state index contributed by atoms with van der Waals surface area (Å²) in [5, 5.41) is 7.27. The summed E-state index contributed by atoms with van der Waals surface area (Å²) in [7, 11) is 3.38. The van der Waals surface area contributed by atoms with Crippen LogP contribution in [0.4, 0.5) is 0 Å². The molecule has 0 atom stereocenters. The minimum absolute atomic E-state index is 0.184. The van der Waals surface area contributed by atoms with Gasteiger partial charge in [-0.15, -0.1) is 0 Å². The van der Waals surface area contributed by atoms with Crippen LogP contribution in [0.2, 0.25) is 0 Å². The van der Waals surface area contributed by atoms with E-state index in [1.54, 1.807) is 24.9 Å². The molecule has 0 saturated heterocycles. The summed E-state index contributed by atoms with van der Waals surface area (Å²) in [6, 6.07) is 18.8. The largest absolute Gasteiger partial charge is 0.497 e. The van der Waals surface area contributed by atoms with Crippen LogP contribution in [0, 0.1) is 0 Å². The van der Waals surface area contributed by atoms with E-state index in [2.05, 4.69) is 10.4 Å². The summed E-state index contributed by atoms with van der Waals surface area (Å²) in [6.45, 7) is 0.815. The number of nitrogens with one attached hydrogen (secondary N) is 1. The number of aromatic nitrogens is 2. The quantitative estimate of drug-likeness (QED) is 0.665. The zero-order chi connectivity index (χ0) is 18.4. The predicted octanol–water partition coefficient (Wildman–Crippen LogP) is 2.90. The second kappa shape index (κ2) is 8.20. The highest BCUT2D eigenvalue weighted by atomic mass is 16.5. The maximum absolute atomic E-state index is 12.4. The lowest BCUT2D eigenvalue weighted by Crippen LogP contribution is -2.29. The van der Waals surface area contributed by atoms with Crippen molar-refractivity contribution in [1.82, 2.24) is 15.1 Å². The van der Waals surface area contributed by atoms with E-state index in [0.29, 0.717) is 18.8 Å². The van der Waals surface area contributed by atoms with Gasteiger partial charge in [0.15, 0.2) is 0 Å². The number of methoxy groups -OCH3 is 1. The molecule has 0 spiro atoms. The molecule has 6 heteroatoms. The lowest BCUT2D eigenvalue weighted by atomic mass is 10.1. The summed E-state index contributed by atoms with van der Waals surface area (Å²) in [4.78, 5) is 12.4. The molecule has 26 heavy (non-hydrogen) atoms. The van der Waals surface area contributed by atoms with Gasteiger partial charge < -0.3 is 14.8 Å². The molecule has 1 amide bonds. The second-order valence-corrected chi connectivity index (χ2v) is 5.68. The van der Waals surface area contributed by atoms with Crippen molar-refractivity contribution in [2.24, 2.45) is 7.05 Å². The molecule has 1 heterocycles. The molecule has 134 valence electrons. The third-order valence-corrected chi connectivity index (χ3v) is 3.90. The molecule has 0 saturated carbocycles. The Morgan fingerprint density at radius 1 is 1.08 bits per heavy atom. The summed E-state index contributed by atoms with van der Waals surface area (Å²) < 4.78 is 12.3. The number of benzene rings is 2. The Morgan fingerprint density at radius 2 is 1.81 bits per heavy atom. The Balaban J connectivity index is 1.58. The molecule has 3 rings (SSSR count). The van der Waals surface area contributed by atoms with Crippen LogP contribution >= 0.6 is 0 Å².